The van der Waals surface area contributed by atoms with E-state index in [4.69, 9.17) is 14.6 Å². The molecule has 0 aliphatic carbocycles. The topological polar surface area (TPSA) is 112 Å². The summed E-state index contributed by atoms with van der Waals surface area (Å²) in [7, 11) is 0. The number of pyridine rings is 1. The van der Waals surface area contributed by atoms with Crippen LogP contribution in [0.1, 0.15) is 30.1 Å². The first-order chi connectivity index (χ1) is 9.56. The van der Waals surface area contributed by atoms with E-state index in [1.807, 2.05) is 6.92 Å². The molecule has 1 heterocycles. The molecule has 0 saturated heterocycles. The lowest BCUT2D eigenvalue weighted by atomic mass is 10.2. The zero-order chi connectivity index (χ0) is 15.0. The number of rotatable bonds is 9. The average molecular weight is 284 g/mol. The van der Waals surface area contributed by atoms with Gasteiger partial charge in [0.2, 0.25) is 0 Å². The van der Waals surface area contributed by atoms with Crippen molar-refractivity contribution in [3.05, 3.63) is 27.9 Å². The molecule has 8 nitrogen and oxygen atoms in total. The fourth-order valence-corrected chi connectivity index (χ4v) is 1.35. The van der Waals surface area contributed by atoms with E-state index in [2.05, 4.69) is 4.98 Å². The molecule has 0 unspecified atom stereocenters. The summed E-state index contributed by atoms with van der Waals surface area (Å²) in [6.07, 6.45) is 2.97. The molecule has 0 atom stereocenters. The molecule has 0 spiro atoms. The number of hydrogen-bond donors (Lipinski definition) is 1. The Labute approximate surface area is 115 Å². The first kappa shape index (κ1) is 15.8. The summed E-state index contributed by atoms with van der Waals surface area (Å²) in [4.78, 5) is 24.5. The van der Waals surface area contributed by atoms with Gasteiger partial charge in [0, 0.05) is 18.9 Å². The van der Waals surface area contributed by atoms with Gasteiger partial charge in [0.1, 0.15) is 6.61 Å². The summed E-state index contributed by atoms with van der Waals surface area (Å²) in [5.41, 5.74) is -0.735. The van der Waals surface area contributed by atoms with Crippen LogP contribution in [0.15, 0.2) is 12.3 Å². The van der Waals surface area contributed by atoms with E-state index in [-0.39, 0.29) is 18.1 Å². The lowest BCUT2D eigenvalue weighted by Crippen LogP contribution is -2.10. The summed E-state index contributed by atoms with van der Waals surface area (Å²) >= 11 is 0. The van der Waals surface area contributed by atoms with Crippen LogP contribution in [0, 0.1) is 10.1 Å². The Bertz CT molecular complexity index is 477. The van der Waals surface area contributed by atoms with Crippen molar-refractivity contribution in [3.8, 4) is 5.88 Å². The highest BCUT2D eigenvalue weighted by molar-refractivity contribution is 5.88. The smallest absolute Gasteiger partial charge is 0.337 e. The number of nitrogens with zero attached hydrogens (tertiary/aromatic N) is 2. The van der Waals surface area contributed by atoms with Crippen LogP contribution in [0.3, 0.4) is 0 Å². The number of ether oxygens (including phenoxy) is 2. The minimum atomic E-state index is -1.28. The quantitative estimate of drug-likeness (QED) is 0.418. The molecule has 0 saturated carbocycles. The first-order valence-electron chi connectivity index (χ1n) is 6.14. The molecule has 0 radical (unpaired) electrons. The van der Waals surface area contributed by atoms with Crippen LogP contribution >= 0.6 is 0 Å². The molecule has 1 N–H and O–H groups in total. The van der Waals surface area contributed by atoms with E-state index in [0.29, 0.717) is 13.2 Å². The van der Waals surface area contributed by atoms with Crippen molar-refractivity contribution in [2.75, 3.05) is 19.8 Å². The Hall–Kier alpha value is -2.22. The third kappa shape index (κ3) is 4.81. The molecule has 0 bridgehead atoms. The molecule has 1 aromatic rings. The van der Waals surface area contributed by atoms with Crippen LogP contribution in [0.25, 0.3) is 0 Å². The van der Waals surface area contributed by atoms with Gasteiger partial charge in [0.15, 0.2) is 0 Å². The zero-order valence-electron chi connectivity index (χ0n) is 11.1. The largest absolute Gasteiger partial charge is 0.478 e. The Morgan fingerprint density at radius 1 is 1.45 bits per heavy atom. The summed E-state index contributed by atoms with van der Waals surface area (Å²) in [6.45, 7) is 3.05. The molecule has 110 valence electrons. The lowest BCUT2D eigenvalue weighted by Gasteiger charge is -2.06. The van der Waals surface area contributed by atoms with Crippen LogP contribution in [0.4, 0.5) is 5.69 Å². The van der Waals surface area contributed by atoms with Gasteiger partial charge in [0.25, 0.3) is 5.88 Å². The van der Waals surface area contributed by atoms with E-state index in [0.717, 1.165) is 25.1 Å². The fourth-order valence-electron chi connectivity index (χ4n) is 1.35. The van der Waals surface area contributed by atoms with Crippen LogP contribution in [0.2, 0.25) is 0 Å². The number of carboxylic acids is 1. The number of aromatic carboxylic acids is 1. The summed E-state index contributed by atoms with van der Waals surface area (Å²) in [6, 6.07) is 0.919. The summed E-state index contributed by atoms with van der Waals surface area (Å²) in [5.74, 6) is -1.49. The van der Waals surface area contributed by atoms with Crippen molar-refractivity contribution in [1.29, 1.82) is 0 Å². The predicted octanol–water partition coefficient (Wildman–Crippen LogP) is 1.88. The molecular formula is C12H16N2O6. The van der Waals surface area contributed by atoms with Crippen LogP contribution in [-0.4, -0.2) is 40.8 Å². The minimum absolute atomic E-state index is 0.115. The van der Waals surface area contributed by atoms with Crippen molar-refractivity contribution in [3.63, 3.8) is 0 Å². The van der Waals surface area contributed by atoms with Crippen LogP contribution in [-0.2, 0) is 4.74 Å². The molecule has 1 aromatic heterocycles. The van der Waals surface area contributed by atoms with Gasteiger partial charge in [-0.3, -0.25) is 10.1 Å². The van der Waals surface area contributed by atoms with Gasteiger partial charge in [-0.25, -0.2) is 9.78 Å². The number of hydrogen-bond acceptors (Lipinski definition) is 6. The molecular weight excluding hydrogens is 268 g/mol. The van der Waals surface area contributed by atoms with E-state index in [9.17, 15) is 14.9 Å². The third-order valence-electron chi connectivity index (χ3n) is 2.38. The SMILES string of the molecule is CCCCOCCOc1ncc(C(=O)O)cc1[N+](=O)[O-]. The average Bonchev–Trinajstić information content (AvgIpc) is 2.42. The lowest BCUT2D eigenvalue weighted by molar-refractivity contribution is -0.386. The molecule has 0 aromatic carbocycles. The van der Waals surface area contributed by atoms with E-state index in [1.165, 1.54) is 0 Å². The maximum atomic E-state index is 10.8. The second kappa shape index (κ2) is 8.05. The Morgan fingerprint density at radius 3 is 2.80 bits per heavy atom. The van der Waals surface area contributed by atoms with Crippen LogP contribution < -0.4 is 4.74 Å². The highest BCUT2D eigenvalue weighted by Gasteiger charge is 2.20. The Morgan fingerprint density at radius 2 is 2.20 bits per heavy atom. The predicted molar refractivity (Wildman–Crippen MR) is 69.1 cm³/mol. The number of carboxylic acid groups (broad SMARTS) is 1. The normalized spacial score (nSPS) is 10.2. The molecule has 1 rings (SSSR count). The molecule has 0 amide bonds. The molecule has 8 heteroatoms. The standard InChI is InChI=1S/C12H16N2O6/c1-2-3-4-19-5-6-20-11-10(14(17)18)7-9(8-13-11)12(15)16/h7-8H,2-6H2,1H3,(H,15,16). The van der Waals surface area contributed by atoms with Gasteiger partial charge in [-0.05, 0) is 6.42 Å². The Balaban J connectivity index is 2.60. The molecule has 0 aliphatic heterocycles. The summed E-state index contributed by atoms with van der Waals surface area (Å²) in [5, 5.41) is 19.6. The van der Waals surface area contributed by atoms with Gasteiger partial charge >= 0.3 is 11.7 Å². The number of unbranched alkanes of at least 4 members (excludes halogenated alkanes) is 1. The van der Waals surface area contributed by atoms with Crippen LogP contribution in [0.5, 0.6) is 5.88 Å². The van der Waals surface area contributed by atoms with Gasteiger partial charge in [-0.15, -0.1) is 0 Å². The van der Waals surface area contributed by atoms with Gasteiger partial charge in [-0.1, -0.05) is 13.3 Å². The molecule has 20 heavy (non-hydrogen) atoms. The fraction of sp³-hybridized carbons (Fsp3) is 0.500. The van der Waals surface area contributed by atoms with Gasteiger partial charge in [-0.2, -0.15) is 0 Å². The molecule has 0 fully saturated rings. The number of carbonyl (C=O) groups is 1. The monoisotopic (exact) mass is 284 g/mol. The second-order valence-electron chi connectivity index (χ2n) is 3.92. The summed E-state index contributed by atoms with van der Waals surface area (Å²) < 4.78 is 10.4. The minimum Gasteiger partial charge on any atom is -0.478 e. The maximum absolute atomic E-state index is 10.8. The zero-order valence-corrected chi connectivity index (χ0v) is 11.1. The van der Waals surface area contributed by atoms with Crippen molar-refractivity contribution in [1.82, 2.24) is 4.98 Å². The van der Waals surface area contributed by atoms with E-state index < -0.39 is 16.6 Å². The second-order valence-corrected chi connectivity index (χ2v) is 3.92. The van der Waals surface area contributed by atoms with Crippen molar-refractivity contribution >= 4 is 11.7 Å². The highest BCUT2D eigenvalue weighted by atomic mass is 16.6. The van der Waals surface area contributed by atoms with Gasteiger partial charge in [0.05, 0.1) is 17.1 Å². The Kier molecular flexibility index (Phi) is 6.38. The highest BCUT2D eigenvalue weighted by Crippen LogP contribution is 2.24. The van der Waals surface area contributed by atoms with E-state index >= 15 is 0 Å². The third-order valence-corrected chi connectivity index (χ3v) is 2.38. The first-order valence-corrected chi connectivity index (χ1v) is 6.14. The number of nitro groups is 1. The number of aromatic nitrogens is 1. The maximum Gasteiger partial charge on any atom is 0.337 e. The van der Waals surface area contributed by atoms with Crippen molar-refractivity contribution < 1.29 is 24.3 Å². The molecule has 0 aliphatic rings. The van der Waals surface area contributed by atoms with Crippen molar-refractivity contribution in [2.24, 2.45) is 0 Å². The van der Waals surface area contributed by atoms with Crippen molar-refractivity contribution in [2.45, 2.75) is 19.8 Å². The van der Waals surface area contributed by atoms with Gasteiger partial charge < -0.3 is 14.6 Å². The van der Waals surface area contributed by atoms with E-state index in [1.54, 1.807) is 0 Å².